The number of thiophene rings is 1. The second kappa shape index (κ2) is 14.1. The molecule has 2 aliphatic heterocycles. The molecule has 4 heteroatoms. The zero-order valence-corrected chi connectivity index (χ0v) is 44.5. The van der Waals surface area contributed by atoms with Crippen molar-refractivity contribution in [3.63, 3.8) is 0 Å². The first-order chi connectivity index (χ1) is 31.8. The molecular weight excluding hydrogens is 840 g/mol. The summed E-state index contributed by atoms with van der Waals surface area (Å²) in [4.78, 5) is 5.44. The molecule has 0 amide bonds. The van der Waals surface area contributed by atoms with E-state index in [0.717, 1.165) is 6.42 Å². The van der Waals surface area contributed by atoms with Crippen LogP contribution in [0.25, 0.3) is 21.2 Å². The molecule has 1 aromatic heterocycles. The third kappa shape index (κ3) is 6.33. The van der Waals surface area contributed by atoms with E-state index in [2.05, 4.69) is 222 Å². The Labute approximate surface area is 412 Å². The first-order valence-electron chi connectivity index (χ1n) is 25.8. The van der Waals surface area contributed by atoms with E-state index in [-0.39, 0.29) is 39.2 Å². The van der Waals surface area contributed by atoms with Crippen LogP contribution in [0.5, 0.6) is 0 Å². The van der Waals surface area contributed by atoms with E-state index in [0.29, 0.717) is 0 Å². The molecule has 3 aliphatic carbocycles. The van der Waals surface area contributed by atoms with Crippen molar-refractivity contribution in [2.45, 2.75) is 168 Å². The highest BCUT2D eigenvalue weighted by Crippen LogP contribution is 2.56. The zero-order chi connectivity index (χ0) is 48.0. The maximum Gasteiger partial charge on any atom is 0.264 e. The lowest BCUT2D eigenvalue weighted by atomic mass is 9.36. The molecule has 6 aromatic carbocycles. The van der Waals surface area contributed by atoms with Gasteiger partial charge in [-0.25, -0.2) is 0 Å². The summed E-state index contributed by atoms with van der Waals surface area (Å²) in [6.07, 6.45) is 5.76. The smallest absolute Gasteiger partial charge is 0.264 e. The molecule has 2 nitrogen and oxygen atoms in total. The van der Waals surface area contributed by atoms with E-state index in [4.69, 9.17) is 0 Å². The number of rotatable bonds is 2. The Kier molecular flexibility index (Phi) is 9.13. The fourth-order valence-electron chi connectivity index (χ4n) is 13.3. The quantitative estimate of drug-likeness (QED) is 0.159. The van der Waals surface area contributed by atoms with Gasteiger partial charge >= 0.3 is 0 Å². The Morgan fingerprint density at radius 1 is 0.529 bits per heavy atom. The van der Waals surface area contributed by atoms with Crippen molar-refractivity contribution in [1.29, 1.82) is 0 Å². The SMILES string of the molecule is Cc1cc2c3c(c1)N(c1ccc4c(c1)C(C)(C)CCC4(C)C)c1c(sc4cc5c(cc14)C(C)(C)CCC5(C)C)B3c1cc(C(C)(C)C)ccc1N2c1cccc2c1-c1cc(C(C)(C)C)ccc1C2. The van der Waals surface area contributed by atoms with Crippen LogP contribution in [0.2, 0.25) is 0 Å². The van der Waals surface area contributed by atoms with Crippen molar-refractivity contribution in [2.75, 3.05) is 9.80 Å². The summed E-state index contributed by atoms with van der Waals surface area (Å²) >= 11 is 2.07. The number of nitrogens with zero attached hydrogens (tertiary/aromatic N) is 2. The van der Waals surface area contributed by atoms with Gasteiger partial charge < -0.3 is 9.80 Å². The molecule has 0 spiro atoms. The lowest BCUT2D eigenvalue weighted by Crippen LogP contribution is -2.60. The predicted molar refractivity (Wildman–Crippen MR) is 297 cm³/mol. The molecule has 68 heavy (non-hydrogen) atoms. The molecule has 0 fully saturated rings. The number of anilines is 6. The average molecular weight is 911 g/mol. The number of benzene rings is 6. The van der Waals surface area contributed by atoms with Gasteiger partial charge in [-0.15, -0.1) is 11.3 Å². The maximum absolute atomic E-state index is 2.75. The second-order valence-corrected chi connectivity index (χ2v) is 27.5. The molecule has 0 N–H and O–H groups in total. The standard InChI is InChI=1S/C64H71BN2S/c1-37-29-52-56-53(30-37)67(51-18-16-17-39-31-38-19-20-40(59(2,3)4)32-43(38)55(39)51)50-24-21-41(60(5,6)7)33-49(50)65(56)58-57(44-35-47-48(36-54(44)68-58)64(14,15)28-27-63(47,12)13)66(52)42-22-23-45-46(34-42)62(10,11)26-25-61(45,8)9/h16-24,29-30,32-36H,25-28,31H2,1-15H3. The highest BCUT2D eigenvalue weighted by molar-refractivity contribution is 7.33. The van der Waals surface area contributed by atoms with Crippen molar-refractivity contribution in [2.24, 2.45) is 0 Å². The van der Waals surface area contributed by atoms with Crippen LogP contribution in [0, 0.1) is 6.92 Å². The molecular formula is C64H71BN2S. The minimum Gasteiger partial charge on any atom is -0.311 e. The zero-order valence-electron chi connectivity index (χ0n) is 43.7. The summed E-state index contributed by atoms with van der Waals surface area (Å²) in [5.41, 5.74) is 27.0. The Balaban J connectivity index is 1.20. The van der Waals surface area contributed by atoms with Gasteiger partial charge in [0.1, 0.15) is 0 Å². The molecule has 5 aliphatic rings. The lowest BCUT2D eigenvalue weighted by Gasteiger charge is -2.45. The van der Waals surface area contributed by atoms with Gasteiger partial charge in [0, 0.05) is 43.2 Å². The van der Waals surface area contributed by atoms with E-state index in [9.17, 15) is 0 Å². The van der Waals surface area contributed by atoms with Crippen LogP contribution < -0.4 is 25.5 Å². The lowest BCUT2D eigenvalue weighted by molar-refractivity contribution is 0.332. The minimum atomic E-state index is -0.0177. The van der Waals surface area contributed by atoms with Crippen LogP contribution in [0.3, 0.4) is 0 Å². The van der Waals surface area contributed by atoms with E-state index in [1.807, 2.05) is 0 Å². The van der Waals surface area contributed by atoms with E-state index in [1.165, 1.54) is 147 Å². The molecule has 0 radical (unpaired) electrons. The normalized spacial score (nSPS) is 18.9. The fourth-order valence-corrected chi connectivity index (χ4v) is 14.6. The maximum atomic E-state index is 2.75. The van der Waals surface area contributed by atoms with Gasteiger partial charge in [-0.05, 0) is 187 Å². The third-order valence-electron chi connectivity index (χ3n) is 17.7. The Bertz CT molecular complexity index is 3320. The molecule has 3 heterocycles. The minimum absolute atomic E-state index is 0.0177. The van der Waals surface area contributed by atoms with Crippen LogP contribution in [-0.2, 0) is 38.9 Å². The molecule has 0 unspecified atom stereocenters. The van der Waals surface area contributed by atoms with Gasteiger partial charge in [0.05, 0.1) is 11.4 Å². The fraction of sp³-hybridized carbons (Fsp3) is 0.406. The molecule has 0 bridgehead atoms. The summed E-state index contributed by atoms with van der Waals surface area (Å²) in [5.74, 6) is 0. The summed E-state index contributed by atoms with van der Waals surface area (Å²) in [6, 6.07) is 39.9. The monoisotopic (exact) mass is 911 g/mol. The molecule has 0 saturated heterocycles. The summed E-state index contributed by atoms with van der Waals surface area (Å²) < 4.78 is 2.89. The Hall–Kier alpha value is -5.06. The number of aryl methyl sites for hydroxylation is 1. The number of fused-ring (bicyclic) bond motifs is 11. The van der Waals surface area contributed by atoms with Gasteiger partial charge in [0.25, 0.3) is 6.71 Å². The van der Waals surface area contributed by atoms with Gasteiger partial charge in [0.15, 0.2) is 0 Å². The van der Waals surface area contributed by atoms with Gasteiger partial charge in [-0.3, -0.25) is 0 Å². The van der Waals surface area contributed by atoms with Crippen LogP contribution >= 0.6 is 11.3 Å². The summed E-state index contributed by atoms with van der Waals surface area (Å²) in [5, 5.41) is 1.41. The molecule has 7 aromatic rings. The highest BCUT2D eigenvalue weighted by atomic mass is 32.1. The van der Waals surface area contributed by atoms with Crippen molar-refractivity contribution in [1.82, 2.24) is 0 Å². The molecule has 12 rings (SSSR count). The largest absolute Gasteiger partial charge is 0.311 e. The Morgan fingerprint density at radius 3 is 1.78 bits per heavy atom. The molecule has 0 atom stereocenters. The number of hydrogen-bond donors (Lipinski definition) is 0. The van der Waals surface area contributed by atoms with Gasteiger partial charge in [-0.2, -0.15) is 0 Å². The van der Waals surface area contributed by atoms with Crippen LogP contribution in [-0.4, -0.2) is 6.71 Å². The van der Waals surface area contributed by atoms with Crippen molar-refractivity contribution in [3.05, 3.63) is 147 Å². The van der Waals surface area contributed by atoms with E-state index < -0.39 is 0 Å². The van der Waals surface area contributed by atoms with Crippen LogP contribution in [0.1, 0.15) is 173 Å². The summed E-state index contributed by atoms with van der Waals surface area (Å²) in [6.45, 7) is 36.4. The first kappa shape index (κ1) is 44.2. The van der Waals surface area contributed by atoms with Crippen molar-refractivity contribution >= 4 is 78.0 Å². The van der Waals surface area contributed by atoms with E-state index in [1.54, 1.807) is 0 Å². The van der Waals surface area contributed by atoms with Gasteiger partial charge in [0.2, 0.25) is 0 Å². The predicted octanol–water partition coefficient (Wildman–Crippen LogP) is 16.2. The van der Waals surface area contributed by atoms with Crippen molar-refractivity contribution in [3.8, 4) is 11.1 Å². The van der Waals surface area contributed by atoms with Gasteiger partial charge in [-0.1, -0.05) is 145 Å². The molecule has 0 saturated carbocycles. The topological polar surface area (TPSA) is 6.48 Å². The second-order valence-electron chi connectivity index (χ2n) is 26.4. The Morgan fingerprint density at radius 2 is 1.12 bits per heavy atom. The first-order valence-corrected chi connectivity index (χ1v) is 26.6. The van der Waals surface area contributed by atoms with E-state index >= 15 is 0 Å². The van der Waals surface area contributed by atoms with Crippen LogP contribution in [0.4, 0.5) is 34.1 Å². The third-order valence-corrected chi connectivity index (χ3v) is 18.9. The van der Waals surface area contributed by atoms with Crippen molar-refractivity contribution < 1.29 is 0 Å². The average Bonchev–Trinajstić information content (AvgIpc) is 3.84. The highest BCUT2D eigenvalue weighted by Gasteiger charge is 2.48. The van der Waals surface area contributed by atoms with Crippen LogP contribution in [0.15, 0.2) is 97.1 Å². The summed E-state index contributed by atoms with van der Waals surface area (Å²) in [7, 11) is 0. The number of hydrogen-bond acceptors (Lipinski definition) is 3. The molecule has 346 valence electrons.